The Morgan fingerprint density at radius 1 is 0.229 bits per heavy atom. The number of esters is 3. The predicted octanol–water partition coefficient (Wildman–Crippen LogP) is 26.1. The molecule has 6 heteroatoms. The molecule has 0 N–H and O–H groups in total. The molecule has 0 aromatic carbocycles. The van der Waals surface area contributed by atoms with Gasteiger partial charge in [0.15, 0.2) is 6.10 Å². The zero-order valence-corrected chi connectivity index (χ0v) is 56.5. The first kappa shape index (κ1) is 80.9. The molecule has 1 unspecified atom stereocenters. The van der Waals surface area contributed by atoms with Crippen molar-refractivity contribution in [1.29, 1.82) is 0 Å². The van der Waals surface area contributed by atoms with Crippen LogP contribution in [-0.2, 0) is 28.6 Å². The van der Waals surface area contributed by atoms with E-state index in [2.05, 4.69) is 45.1 Å². The molecule has 0 aliphatic carbocycles. The van der Waals surface area contributed by atoms with Crippen molar-refractivity contribution in [3.63, 3.8) is 0 Å². The first-order valence-corrected chi connectivity index (χ1v) is 37.8. The Morgan fingerprint density at radius 2 is 0.398 bits per heavy atom. The Labute approximate surface area is 519 Å². The van der Waals surface area contributed by atoms with Crippen LogP contribution >= 0.6 is 0 Å². The largest absolute Gasteiger partial charge is 0.462 e. The van der Waals surface area contributed by atoms with Gasteiger partial charge in [-0.15, -0.1) is 0 Å². The number of rotatable bonds is 71. The van der Waals surface area contributed by atoms with Crippen LogP contribution in [0.25, 0.3) is 0 Å². The Kier molecular flexibility index (Phi) is 70.5. The quantitative estimate of drug-likeness (QED) is 0.0261. The van der Waals surface area contributed by atoms with Gasteiger partial charge in [0.1, 0.15) is 13.2 Å². The number of carbonyl (C=O) groups is 3. The molecule has 0 saturated heterocycles. The van der Waals surface area contributed by atoms with E-state index >= 15 is 0 Å². The molecule has 0 spiro atoms. The second kappa shape index (κ2) is 72.4. The zero-order valence-electron chi connectivity index (χ0n) is 56.5. The van der Waals surface area contributed by atoms with E-state index in [4.69, 9.17) is 14.2 Å². The molecule has 1 atom stereocenters. The smallest absolute Gasteiger partial charge is 0.306 e. The minimum absolute atomic E-state index is 0.0644. The van der Waals surface area contributed by atoms with Crippen LogP contribution in [0.3, 0.4) is 0 Å². The van der Waals surface area contributed by atoms with Gasteiger partial charge >= 0.3 is 17.9 Å². The number of carbonyl (C=O) groups excluding carboxylic acids is 3. The maximum absolute atomic E-state index is 13.0. The van der Waals surface area contributed by atoms with Gasteiger partial charge in [0.25, 0.3) is 0 Å². The summed E-state index contributed by atoms with van der Waals surface area (Å²) in [6.07, 6.45) is 89.5. The molecule has 0 amide bonds. The molecule has 0 aliphatic heterocycles. The molecule has 0 aromatic rings. The van der Waals surface area contributed by atoms with Crippen LogP contribution in [-0.4, -0.2) is 37.2 Å². The fourth-order valence-corrected chi connectivity index (χ4v) is 11.7. The lowest BCUT2D eigenvalue weighted by Gasteiger charge is -2.18. The molecule has 0 fully saturated rings. The van der Waals surface area contributed by atoms with Crippen LogP contribution in [0.15, 0.2) is 24.3 Å². The van der Waals surface area contributed by atoms with Crippen molar-refractivity contribution in [3.05, 3.63) is 24.3 Å². The lowest BCUT2D eigenvalue weighted by atomic mass is 10.0. The second-order valence-corrected chi connectivity index (χ2v) is 25.9. The normalized spacial score (nSPS) is 12.1. The van der Waals surface area contributed by atoms with Crippen molar-refractivity contribution in [2.75, 3.05) is 13.2 Å². The minimum atomic E-state index is -0.768. The molecular formula is C77H146O6. The molecule has 0 heterocycles. The van der Waals surface area contributed by atoms with Crippen LogP contribution in [0.4, 0.5) is 0 Å². The Bertz CT molecular complexity index is 1340. The fourth-order valence-electron chi connectivity index (χ4n) is 11.7. The van der Waals surface area contributed by atoms with E-state index in [0.29, 0.717) is 19.3 Å². The summed E-state index contributed by atoms with van der Waals surface area (Å²) in [7, 11) is 0. The van der Waals surface area contributed by atoms with Crippen LogP contribution in [0, 0.1) is 0 Å². The van der Waals surface area contributed by atoms with Crippen LogP contribution in [0.5, 0.6) is 0 Å². The van der Waals surface area contributed by atoms with Crippen molar-refractivity contribution in [2.24, 2.45) is 0 Å². The fraction of sp³-hybridized carbons (Fsp3) is 0.909. The van der Waals surface area contributed by atoms with Gasteiger partial charge in [-0.2, -0.15) is 0 Å². The summed E-state index contributed by atoms with van der Waals surface area (Å²) in [4.78, 5) is 38.4. The summed E-state index contributed by atoms with van der Waals surface area (Å²) in [5, 5.41) is 0. The third-order valence-electron chi connectivity index (χ3n) is 17.4. The molecule has 83 heavy (non-hydrogen) atoms. The Hall–Kier alpha value is -2.11. The van der Waals surface area contributed by atoms with E-state index in [9.17, 15) is 14.4 Å². The van der Waals surface area contributed by atoms with Gasteiger partial charge in [0.05, 0.1) is 0 Å². The highest BCUT2D eigenvalue weighted by molar-refractivity contribution is 5.71. The van der Waals surface area contributed by atoms with Crippen LogP contribution in [0.1, 0.15) is 432 Å². The molecule has 490 valence electrons. The van der Waals surface area contributed by atoms with Gasteiger partial charge < -0.3 is 14.2 Å². The summed E-state index contributed by atoms with van der Waals surface area (Å²) < 4.78 is 17.0. The van der Waals surface area contributed by atoms with Gasteiger partial charge in [-0.05, 0) is 70.6 Å². The summed E-state index contributed by atoms with van der Waals surface area (Å²) in [6.45, 7) is 6.72. The van der Waals surface area contributed by atoms with Crippen LogP contribution in [0.2, 0.25) is 0 Å². The lowest BCUT2D eigenvalue weighted by molar-refractivity contribution is -0.167. The SMILES string of the molecule is CCCCCCCCCC/C=C\CCCCCCCCCCCCCCCCCCCC(=O)OCC(COC(=O)CCCCCCCCCCCCC)OC(=O)CCCCCCCCCCCCCCC/C=C\CCCCCCCCCC. The molecule has 0 aliphatic rings. The van der Waals surface area contributed by atoms with Crippen molar-refractivity contribution >= 4 is 17.9 Å². The number of unbranched alkanes of at least 4 members (excludes halogenated alkanes) is 56. The van der Waals surface area contributed by atoms with E-state index in [0.717, 1.165) is 57.8 Å². The molecule has 0 rings (SSSR count). The number of hydrogen-bond acceptors (Lipinski definition) is 6. The third kappa shape index (κ3) is 70.5. The van der Waals surface area contributed by atoms with E-state index < -0.39 is 6.10 Å². The van der Waals surface area contributed by atoms with E-state index in [1.807, 2.05) is 0 Å². The standard InChI is InChI=1S/C77H146O6/c1-4-7-10-13-16-19-22-24-26-28-30-32-34-36-37-38-39-41-42-44-46-48-50-52-55-58-61-64-67-70-76(79)82-73-74(72-81-75(78)69-66-63-60-57-54-21-18-15-12-9-6-3)83-77(80)71-68-65-62-59-56-53-51-49-47-45-43-40-35-33-31-29-27-25-23-20-17-14-11-8-5-2/h28-31,74H,4-27,32-73H2,1-3H3/b30-28-,31-29-. The topological polar surface area (TPSA) is 78.9 Å². The molecular weight excluding hydrogens is 1020 g/mol. The third-order valence-corrected chi connectivity index (χ3v) is 17.4. The summed E-state index contributed by atoms with van der Waals surface area (Å²) >= 11 is 0. The monoisotopic (exact) mass is 1170 g/mol. The van der Waals surface area contributed by atoms with Crippen molar-refractivity contribution in [2.45, 2.75) is 438 Å². The zero-order chi connectivity index (χ0) is 59.9. The van der Waals surface area contributed by atoms with Gasteiger partial charge in [-0.1, -0.05) is 366 Å². The van der Waals surface area contributed by atoms with Gasteiger partial charge in [0, 0.05) is 19.3 Å². The Morgan fingerprint density at radius 3 is 0.602 bits per heavy atom. The molecule has 0 aromatic heterocycles. The predicted molar refractivity (Wildman–Crippen MR) is 363 cm³/mol. The highest BCUT2D eigenvalue weighted by Crippen LogP contribution is 2.19. The minimum Gasteiger partial charge on any atom is -0.462 e. The highest BCUT2D eigenvalue weighted by Gasteiger charge is 2.20. The average Bonchev–Trinajstić information content (AvgIpc) is 3.48. The van der Waals surface area contributed by atoms with E-state index in [1.165, 1.54) is 334 Å². The molecule has 0 saturated carbocycles. The Balaban J connectivity index is 4.12. The molecule has 0 bridgehead atoms. The summed E-state index contributed by atoms with van der Waals surface area (Å²) in [5.74, 6) is -0.831. The first-order chi connectivity index (χ1) is 41.0. The maximum Gasteiger partial charge on any atom is 0.306 e. The molecule has 0 radical (unpaired) electrons. The van der Waals surface area contributed by atoms with E-state index in [-0.39, 0.29) is 31.1 Å². The van der Waals surface area contributed by atoms with Crippen LogP contribution < -0.4 is 0 Å². The van der Waals surface area contributed by atoms with Gasteiger partial charge in [0.2, 0.25) is 0 Å². The molecule has 6 nitrogen and oxygen atoms in total. The second-order valence-electron chi connectivity index (χ2n) is 25.9. The maximum atomic E-state index is 13.0. The van der Waals surface area contributed by atoms with Crippen molar-refractivity contribution < 1.29 is 28.6 Å². The number of hydrogen-bond donors (Lipinski definition) is 0. The summed E-state index contributed by atoms with van der Waals surface area (Å²) in [5.41, 5.74) is 0. The summed E-state index contributed by atoms with van der Waals surface area (Å²) in [6, 6.07) is 0. The number of allylic oxidation sites excluding steroid dienone is 4. The number of ether oxygens (including phenoxy) is 3. The van der Waals surface area contributed by atoms with E-state index in [1.54, 1.807) is 0 Å². The highest BCUT2D eigenvalue weighted by atomic mass is 16.6. The van der Waals surface area contributed by atoms with Gasteiger partial charge in [-0.25, -0.2) is 0 Å². The first-order valence-electron chi connectivity index (χ1n) is 37.8. The lowest BCUT2D eigenvalue weighted by Crippen LogP contribution is -2.30. The van der Waals surface area contributed by atoms with Crippen molar-refractivity contribution in [1.82, 2.24) is 0 Å². The average molecular weight is 1170 g/mol. The van der Waals surface area contributed by atoms with Crippen molar-refractivity contribution in [3.8, 4) is 0 Å². The van der Waals surface area contributed by atoms with Gasteiger partial charge in [-0.3, -0.25) is 14.4 Å².